The maximum absolute atomic E-state index is 13.0. The zero-order chi connectivity index (χ0) is 21.8. The molecule has 0 fully saturated rings. The molecule has 31 heavy (non-hydrogen) atoms. The van der Waals surface area contributed by atoms with Crippen molar-refractivity contribution in [2.24, 2.45) is 5.10 Å². The summed E-state index contributed by atoms with van der Waals surface area (Å²) < 4.78 is 7.00. The van der Waals surface area contributed by atoms with Crippen molar-refractivity contribution in [1.29, 1.82) is 0 Å². The van der Waals surface area contributed by atoms with E-state index in [-0.39, 0.29) is 23.4 Å². The zero-order valence-electron chi connectivity index (χ0n) is 17.4. The molecule has 0 bridgehead atoms. The summed E-state index contributed by atoms with van der Waals surface area (Å²) in [4.78, 5) is 23.3. The Labute approximate surface area is 183 Å². The number of para-hydroxylation sites is 2. The number of carbonyl (C=O) groups excluding carboxylic acids is 1. The Bertz CT molecular complexity index is 1230. The van der Waals surface area contributed by atoms with Crippen LogP contribution in [0, 0.1) is 0 Å². The number of thiophene rings is 1. The maximum Gasteiger partial charge on any atom is 0.257 e. The SMILES string of the molecule is CC(C)OCCCNC(=O)c1c(N)n(N=Cc2cccs2)c2nc3ccccc3nc12. The number of fused-ring (bicyclic) bond motifs is 2. The van der Waals surface area contributed by atoms with E-state index < -0.39 is 0 Å². The van der Waals surface area contributed by atoms with Crippen molar-refractivity contribution >= 4 is 51.5 Å². The van der Waals surface area contributed by atoms with Gasteiger partial charge in [-0.1, -0.05) is 18.2 Å². The standard InChI is InChI=1S/C22H24N6O2S/c1-14(2)30-11-6-10-24-22(29)18-19-21(27-17-9-4-3-8-16(17)26-19)28(20(18)23)25-13-15-7-5-12-31-15/h3-5,7-9,12-14H,6,10-11,23H2,1-2H3,(H,24,29). The molecule has 0 aliphatic heterocycles. The van der Waals surface area contributed by atoms with Gasteiger partial charge in [0.25, 0.3) is 5.91 Å². The number of rotatable bonds is 8. The summed E-state index contributed by atoms with van der Waals surface area (Å²) in [7, 11) is 0. The van der Waals surface area contributed by atoms with E-state index in [2.05, 4.69) is 20.4 Å². The fraction of sp³-hybridized carbons (Fsp3) is 0.273. The minimum absolute atomic E-state index is 0.161. The van der Waals surface area contributed by atoms with Gasteiger partial charge >= 0.3 is 0 Å². The summed E-state index contributed by atoms with van der Waals surface area (Å²) >= 11 is 1.56. The van der Waals surface area contributed by atoms with Gasteiger partial charge in [0, 0.05) is 18.0 Å². The van der Waals surface area contributed by atoms with E-state index in [0.717, 1.165) is 4.88 Å². The van der Waals surface area contributed by atoms with Gasteiger partial charge in [0.05, 0.1) is 23.4 Å². The Morgan fingerprint density at radius 3 is 2.74 bits per heavy atom. The lowest BCUT2D eigenvalue weighted by atomic mass is 10.2. The Morgan fingerprint density at radius 1 is 1.26 bits per heavy atom. The normalized spacial score (nSPS) is 11.8. The summed E-state index contributed by atoms with van der Waals surface area (Å²) in [6.45, 7) is 5.00. The third kappa shape index (κ3) is 4.57. The van der Waals surface area contributed by atoms with E-state index in [1.165, 1.54) is 4.68 Å². The highest BCUT2D eigenvalue weighted by Crippen LogP contribution is 2.27. The molecule has 3 heterocycles. The van der Waals surface area contributed by atoms with E-state index in [4.69, 9.17) is 10.5 Å². The second kappa shape index (κ2) is 9.23. The van der Waals surface area contributed by atoms with E-state index in [1.807, 2.05) is 55.6 Å². The van der Waals surface area contributed by atoms with E-state index in [9.17, 15) is 4.79 Å². The van der Waals surface area contributed by atoms with Crippen LogP contribution in [0.5, 0.6) is 0 Å². The van der Waals surface area contributed by atoms with Gasteiger partial charge in [0.1, 0.15) is 16.9 Å². The first-order valence-electron chi connectivity index (χ1n) is 10.1. The molecule has 0 radical (unpaired) electrons. The molecule has 1 amide bonds. The molecule has 8 nitrogen and oxygen atoms in total. The molecule has 0 aliphatic carbocycles. The van der Waals surface area contributed by atoms with Crippen molar-refractivity contribution in [1.82, 2.24) is 20.0 Å². The van der Waals surface area contributed by atoms with Crippen molar-refractivity contribution in [3.05, 3.63) is 52.2 Å². The van der Waals surface area contributed by atoms with Crippen LogP contribution in [0.25, 0.3) is 22.2 Å². The highest BCUT2D eigenvalue weighted by atomic mass is 32.1. The number of aromatic nitrogens is 3. The van der Waals surface area contributed by atoms with Gasteiger partial charge in [0.15, 0.2) is 5.65 Å². The highest BCUT2D eigenvalue weighted by Gasteiger charge is 2.23. The average molecular weight is 437 g/mol. The molecule has 0 unspecified atom stereocenters. The highest BCUT2D eigenvalue weighted by molar-refractivity contribution is 7.11. The van der Waals surface area contributed by atoms with Gasteiger partial charge in [-0.05, 0) is 43.8 Å². The van der Waals surface area contributed by atoms with E-state index in [0.29, 0.717) is 41.8 Å². The van der Waals surface area contributed by atoms with Crippen LogP contribution in [-0.4, -0.2) is 46.0 Å². The molecule has 0 spiro atoms. The van der Waals surface area contributed by atoms with Gasteiger partial charge in [0.2, 0.25) is 0 Å². The lowest BCUT2D eigenvalue weighted by Gasteiger charge is -2.08. The third-order valence-corrected chi connectivity index (χ3v) is 5.41. The minimum Gasteiger partial charge on any atom is -0.383 e. The fourth-order valence-corrected chi connectivity index (χ4v) is 3.73. The molecule has 9 heteroatoms. The van der Waals surface area contributed by atoms with Crippen LogP contribution in [0.15, 0.2) is 46.9 Å². The number of nitrogens with one attached hydrogen (secondary N) is 1. The second-order valence-corrected chi connectivity index (χ2v) is 8.22. The second-order valence-electron chi connectivity index (χ2n) is 7.25. The lowest BCUT2D eigenvalue weighted by Crippen LogP contribution is -2.26. The van der Waals surface area contributed by atoms with Crippen molar-refractivity contribution in [2.45, 2.75) is 26.4 Å². The topological polar surface area (TPSA) is 107 Å². The van der Waals surface area contributed by atoms with Crippen molar-refractivity contribution in [3.63, 3.8) is 0 Å². The largest absolute Gasteiger partial charge is 0.383 e. The number of ether oxygens (including phenoxy) is 1. The molecule has 0 saturated heterocycles. The Morgan fingerprint density at radius 2 is 2.03 bits per heavy atom. The molecule has 3 N–H and O–H groups in total. The summed E-state index contributed by atoms with van der Waals surface area (Å²) in [6.07, 6.45) is 2.56. The fourth-order valence-electron chi connectivity index (χ4n) is 3.15. The van der Waals surface area contributed by atoms with Crippen molar-refractivity contribution in [2.75, 3.05) is 18.9 Å². The van der Waals surface area contributed by atoms with E-state index >= 15 is 0 Å². The molecule has 4 rings (SSSR count). The molecule has 160 valence electrons. The lowest BCUT2D eigenvalue weighted by molar-refractivity contribution is 0.0757. The Kier molecular flexibility index (Phi) is 6.24. The number of amides is 1. The van der Waals surface area contributed by atoms with Crippen LogP contribution < -0.4 is 11.1 Å². The molecule has 4 aromatic rings. The van der Waals surface area contributed by atoms with Crippen LogP contribution in [0.4, 0.5) is 5.82 Å². The maximum atomic E-state index is 13.0. The summed E-state index contributed by atoms with van der Waals surface area (Å²) in [5, 5.41) is 9.36. The Balaban J connectivity index is 1.70. The predicted octanol–water partition coefficient (Wildman–Crippen LogP) is 3.66. The molecule has 0 saturated carbocycles. The van der Waals surface area contributed by atoms with Gasteiger partial charge in [-0.3, -0.25) is 4.79 Å². The molecule has 0 atom stereocenters. The van der Waals surface area contributed by atoms with E-state index in [1.54, 1.807) is 17.6 Å². The van der Waals surface area contributed by atoms with Crippen LogP contribution in [0.1, 0.15) is 35.5 Å². The van der Waals surface area contributed by atoms with Gasteiger partial charge < -0.3 is 15.8 Å². The predicted molar refractivity (Wildman–Crippen MR) is 125 cm³/mol. The van der Waals surface area contributed by atoms with Gasteiger partial charge in [-0.2, -0.15) is 9.78 Å². The molecule has 3 aromatic heterocycles. The minimum atomic E-state index is -0.304. The van der Waals surface area contributed by atoms with Crippen LogP contribution >= 0.6 is 11.3 Å². The van der Waals surface area contributed by atoms with Gasteiger partial charge in [-0.25, -0.2) is 9.97 Å². The number of benzene rings is 1. The third-order valence-electron chi connectivity index (χ3n) is 4.60. The number of nitrogen functional groups attached to an aromatic ring is 1. The number of carbonyl (C=O) groups is 1. The molecular formula is C22H24N6O2S. The summed E-state index contributed by atoms with van der Waals surface area (Å²) in [6, 6.07) is 11.4. The first-order chi connectivity index (χ1) is 15.0. The number of anilines is 1. The van der Waals surface area contributed by atoms with Crippen molar-refractivity contribution in [3.8, 4) is 0 Å². The molecule has 1 aromatic carbocycles. The first-order valence-corrected chi connectivity index (χ1v) is 11.0. The van der Waals surface area contributed by atoms with Gasteiger partial charge in [-0.15, -0.1) is 11.3 Å². The van der Waals surface area contributed by atoms with Crippen LogP contribution in [0.2, 0.25) is 0 Å². The van der Waals surface area contributed by atoms with Crippen LogP contribution in [-0.2, 0) is 4.74 Å². The number of nitrogens with two attached hydrogens (primary N) is 1. The number of nitrogens with zero attached hydrogens (tertiary/aromatic N) is 4. The number of hydrogen-bond acceptors (Lipinski definition) is 7. The average Bonchev–Trinajstić information content (AvgIpc) is 3.35. The van der Waals surface area contributed by atoms with Crippen molar-refractivity contribution < 1.29 is 9.53 Å². The summed E-state index contributed by atoms with van der Waals surface area (Å²) in [5.74, 6) is -0.101. The number of hydrogen-bond donors (Lipinski definition) is 2. The smallest absolute Gasteiger partial charge is 0.257 e. The quantitative estimate of drug-likeness (QED) is 0.324. The Hall–Kier alpha value is -3.30. The molecular weight excluding hydrogens is 412 g/mol. The monoisotopic (exact) mass is 436 g/mol. The first kappa shape index (κ1) is 21.0. The van der Waals surface area contributed by atoms with Crippen LogP contribution in [0.3, 0.4) is 0 Å². The molecule has 0 aliphatic rings. The zero-order valence-corrected chi connectivity index (χ0v) is 18.2. The summed E-state index contributed by atoms with van der Waals surface area (Å²) in [5.41, 5.74) is 8.92.